The van der Waals surface area contributed by atoms with Gasteiger partial charge in [-0.1, -0.05) is 29.5 Å². The van der Waals surface area contributed by atoms with E-state index in [1.807, 2.05) is 0 Å². The van der Waals surface area contributed by atoms with E-state index < -0.39 is 11.6 Å². The molecule has 0 spiro atoms. The van der Waals surface area contributed by atoms with Crippen LogP contribution in [0.5, 0.6) is 0 Å². The van der Waals surface area contributed by atoms with Crippen LogP contribution in [0.15, 0.2) is 78.5 Å². The van der Waals surface area contributed by atoms with Gasteiger partial charge in [0.25, 0.3) is 0 Å². The molecule has 1 N–H and O–H groups in total. The number of benzene rings is 1. The SMILES string of the molecule is C#CC/C=C\N=C(C)C(n1ccnn1)C(O)(c1cccnc1)c1cccc(C#N)c1. The molecule has 0 radical (unpaired) electrons. The second-order valence-electron chi connectivity index (χ2n) is 6.55. The molecule has 0 bridgehead atoms. The summed E-state index contributed by atoms with van der Waals surface area (Å²) >= 11 is 0. The summed E-state index contributed by atoms with van der Waals surface area (Å²) < 4.78 is 1.54. The summed E-state index contributed by atoms with van der Waals surface area (Å²) in [5.41, 5.74) is 0.417. The Kier molecular flexibility index (Phi) is 6.49. The van der Waals surface area contributed by atoms with E-state index in [1.165, 1.54) is 6.20 Å². The smallest absolute Gasteiger partial charge is 0.144 e. The molecule has 2 aromatic heterocycles. The van der Waals surface area contributed by atoms with Crippen molar-refractivity contribution in [1.82, 2.24) is 20.0 Å². The van der Waals surface area contributed by atoms with Crippen LogP contribution in [0.2, 0.25) is 0 Å². The second-order valence-corrected chi connectivity index (χ2v) is 6.55. The number of pyridine rings is 1. The van der Waals surface area contributed by atoms with Crippen LogP contribution in [0.25, 0.3) is 0 Å². The second kappa shape index (κ2) is 9.42. The highest BCUT2D eigenvalue weighted by molar-refractivity contribution is 5.88. The van der Waals surface area contributed by atoms with Crippen molar-refractivity contribution in [1.29, 1.82) is 5.26 Å². The van der Waals surface area contributed by atoms with Gasteiger partial charge in [0.15, 0.2) is 0 Å². The summed E-state index contributed by atoms with van der Waals surface area (Å²) in [4.78, 5) is 8.67. The Morgan fingerprint density at radius 3 is 2.83 bits per heavy atom. The first-order chi connectivity index (χ1) is 14.6. The minimum atomic E-state index is -1.62. The first-order valence-electron chi connectivity index (χ1n) is 9.23. The zero-order valence-electron chi connectivity index (χ0n) is 16.4. The van der Waals surface area contributed by atoms with Gasteiger partial charge in [0.1, 0.15) is 11.6 Å². The van der Waals surface area contributed by atoms with E-state index in [9.17, 15) is 10.4 Å². The first kappa shape index (κ1) is 20.7. The van der Waals surface area contributed by atoms with Crippen LogP contribution in [-0.2, 0) is 5.60 Å². The van der Waals surface area contributed by atoms with Crippen LogP contribution in [0.4, 0.5) is 0 Å². The van der Waals surface area contributed by atoms with Crippen molar-refractivity contribution in [3.63, 3.8) is 0 Å². The van der Waals surface area contributed by atoms with Crippen LogP contribution < -0.4 is 0 Å². The number of aliphatic hydroxyl groups is 1. The summed E-state index contributed by atoms with van der Waals surface area (Å²) in [6.45, 7) is 1.79. The number of hydrogen-bond acceptors (Lipinski definition) is 6. The highest BCUT2D eigenvalue weighted by Crippen LogP contribution is 2.40. The van der Waals surface area contributed by atoms with E-state index in [0.717, 1.165) is 0 Å². The van der Waals surface area contributed by atoms with Crippen molar-refractivity contribution in [3.8, 4) is 18.4 Å². The van der Waals surface area contributed by atoms with Gasteiger partial charge in [-0.3, -0.25) is 9.98 Å². The van der Waals surface area contributed by atoms with Gasteiger partial charge in [-0.25, -0.2) is 4.68 Å². The molecule has 0 saturated heterocycles. The zero-order valence-corrected chi connectivity index (χ0v) is 16.4. The lowest BCUT2D eigenvalue weighted by Gasteiger charge is -2.36. The van der Waals surface area contributed by atoms with E-state index in [4.69, 9.17) is 6.42 Å². The number of nitriles is 1. The molecule has 0 aliphatic rings. The minimum Gasteiger partial charge on any atom is -0.378 e. The van der Waals surface area contributed by atoms with Gasteiger partial charge in [-0.05, 0) is 30.7 Å². The third-order valence-corrected chi connectivity index (χ3v) is 4.65. The van der Waals surface area contributed by atoms with Gasteiger partial charge in [-0.15, -0.1) is 17.4 Å². The molecule has 148 valence electrons. The van der Waals surface area contributed by atoms with Crippen molar-refractivity contribution >= 4 is 5.71 Å². The fourth-order valence-corrected chi connectivity index (χ4v) is 3.30. The topological polar surface area (TPSA) is 100.0 Å². The van der Waals surface area contributed by atoms with Crippen LogP contribution in [0.3, 0.4) is 0 Å². The Hall–Kier alpha value is -4.07. The average Bonchev–Trinajstić information content (AvgIpc) is 3.31. The van der Waals surface area contributed by atoms with Gasteiger partial charge in [0.2, 0.25) is 0 Å². The number of hydrogen-bond donors (Lipinski definition) is 1. The average molecular weight is 396 g/mol. The summed E-state index contributed by atoms with van der Waals surface area (Å²) in [6, 6.07) is 11.7. The normalized spacial score (nSPS) is 14.6. The maximum atomic E-state index is 12.2. The summed E-state index contributed by atoms with van der Waals surface area (Å²) in [5.74, 6) is 2.52. The molecule has 0 fully saturated rings. The summed E-state index contributed by atoms with van der Waals surface area (Å²) in [5, 5.41) is 29.6. The maximum absolute atomic E-state index is 12.2. The predicted octanol–water partition coefficient (Wildman–Crippen LogP) is 3.02. The number of aromatic nitrogens is 4. The molecule has 2 unspecified atom stereocenters. The fourth-order valence-electron chi connectivity index (χ4n) is 3.30. The van der Waals surface area contributed by atoms with Gasteiger partial charge < -0.3 is 5.11 Å². The highest BCUT2D eigenvalue weighted by atomic mass is 16.3. The predicted molar refractivity (Wildman–Crippen MR) is 113 cm³/mol. The molecular weight excluding hydrogens is 376 g/mol. The number of terminal acetylenes is 1. The van der Waals surface area contributed by atoms with Crippen molar-refractivity contribution < 1.29 is 5.11 Å². The van der Waals surface area contributed by atoms with Crippen LogP contribution in [0.1, 0.15) is 36.1 Å². The fraction of sp³-hybridized carbons (Fsp3) is 0.174. The number of aliphatic imine (C=N–C) groups is 1. The number of rotatable bonds is 7. The van der Waals surface area contributed by atoms with Crippen molar-refractivity contribution in [2.75, 3.05) is 0 Å². The minimum absolute atomic E-state index is 0.427. The highest BCUT2D eigenvalue weighted by Gasteiger charge is 2.44. The van der Waals surface area contributed by atoms with Gasteiger partial charge in [0, 0.05) is 42.5 Å². The molecule has 2 heterocycles. The molecule has 0 amide bonds. The number of allylic oxidation sites excluding steroid dienone is 1. The largest absolute Gasteiger partial charge is 0.378 e. The van der Waals surface area contributed by atoms with Crippen molar-refractivity contribution in [2.45, 2.75) is 25.0 Å². The molecule has 7 heteroatoms. The van der Waals surface area contributed by atoms with Gasteiger partial charge >= 0.3 is 0 Å². The molecule has 0 aliphatic carbocycles. The quantitative estimate of drug-likeness (QED) is 0.489. The first-order valence-corrected chi connectivity index (χ1v) is 9.23. The van der Waals surface area contributed by atoms with E-state index in [0.29, 0.717) is 28.8 Å². The third kappa shape index (κ3) is 4.17. The van der Waals surface area contributed by atoms with Crippen molar-refractivity contribution in [3.05, 3.63) is 90.2 Å². The van der Waals surface area contributed by atoms with Gasteiger partial charge in [-0.2, -0.15) is 5.26 Å². The van der Waals surface area contributed by atoms with E-state index in [2.05, 4.69) is 32.3 Å². The molecule has 0 aliphatic heterocycles. The third-order valence-electron chi connectivity index (χ3n) is 4.65. The molecule has 1 aromatic carbocycles. The number of nitrogens with zero attached hydrogens (tertiary/aromatic N) is 6. The monoisotopic (exact) mass is 396 g/mol. The van der Waals surface area contributed by atoms with E-state index >= 15 is 0 Å². The zero-order chi connectivity index (χ0) is 21.4. The Bertz CT molecular complexity index is 1120. The molecule has 3 aromatic rings. The molecular formula is C23H20N6O. The Labute approximate surface area is 175 Å². The summed E-state index contributed by atoms with van der Waals surface area (Å²) in [7, 11) is 0. The molecule has 30 heavy (non-hydrogen) atoms. The van der Waals surface area contributed by atoms with Crippen LogP contribution in [0, 0.1) is 23.7 Å². The Morgan fingerprint density at radius 1 is 1.33 bits per heavy atom. The standard InChI is InChI=1S/C23H20N6O/c1-3-4-5-12-26-18(2)22(29-14-13-27-28-29)23(30,21-10-7-11-25-17-21)20-9-6-8-19(15-20)16-24/h1,5-15,17,22,30H,4H2,2H3/b12-5-,26-18?. The lowest BCUT2D eigenvalue weighted by Crippen LogP contribution is -2.42. The van der Waals surface area contributed by atoms with Crippen molar-refractivity contribution in [2.24, 2.45) is 4.99 Å². The Balaban J connectivity index is 2.25. The summed E-state index contributed by atoms with van der Waals surface area (Å²) in [6.07, 6.45) is 15.5. The Morgan fingerprint density at radius 2 is 2.17 bits per heavy atom. The van der Waals surface area contributed by atoms with Crippen LogP contribution >= 0.6 is 0 Å². The lowest BCUT2D eigenvalue weighted by molar-refractivity contribution is 0.0431. The van der Waals surface area contributed by atoms with Gasteiger partial charge in [0.05, 0.1) is 17.8 Å². The molecule has 2 atom stereocenters. The van der Waals surface area contributed by atoms with E-state index in [-0.39, 0.29) is 0 Å². The molecule has 0 saturated carbocycles. The molecule has 3 rings (SSSR count). The van der Waals surface area contributed by atoms with Crippen LogP contribution in [-0.4, -0.2) is 30.8 Å². The lowest BCUT2D eigenvalue weighted by atomic mass is 9.78. The molecule has 7 nitrogen and oxygen atoms in total. The maximum Gasteiger partial charge on any atom is 0.144 e. The van der Waals surface area contributed by atoms with E-state index in [1.54, 1.807) is 78.9 Å².